The fourth-order valence-electron chi connectivity index (χ4n) is 2.89. The summed E-state index contributed by atoms with van der Waals surface area (Å²) in [5.74, 6) is 0.870. The molecular formula is C15H32N2. The van der Waals surface area contributed by atoms with E-state index in [1.807, 2.05) is 0 Å². The van der Waals surface area contributed by atoms with E-state index < -0.39 is 0 Å². The van der Waals surface area contributed by atoms with Gasteiger partial charge < -0.3 is 10.2 Å². The van der Waals surface area contributed by atoms with Gasteiger partial charge in [0.15, 0.2) is 0 Å². The Labute approximate surface area is 108 Å². The molecule has 0 saturated heterocycles. The summed E-state index contributed by atoms with van der Waals surface area (Å²) in [7, 11) is 2.29. The molecule has 1 aliphatic carbocycles. The van der Waals surface area contributed by atoms with E-state index in [9.17, 15) is 0 Å². The largest absolute Gasteiger partial charge is 0.314 e. The molecule has 3 atom stereocenters. The van der Waals surface area contributed by atoms with Crippen LogP contribution in [0, 0.1) is 5.92 Å². The monoisotopic (exact) mass is 240 g/mol. The third kappa shape index (κ3) is 4.97. The fraction of sp³-hybridized carbons (Fsp3) is 1.00. The van der Waals surface area contributed by atoms with Gasteiger partial charge in [-0.2, -0.15) is 0 Å². The SMILES string of the molecule is CCCNC1CCCCC1CN(C)C(C)CC. The van der Waals surface area contributed by atoms with Gasteiger partial charge in [0, 0.05) is 18.6 Å². The van der Waals surface area contributed by atoms with E-state index >= 15 is 0 Å². The molecule has 1 rings (SSSR count). The lowest BCUT2D eigenvalue weighted by Crippen LogP contribution is -2.45. The third-order valence-corrected chi connectivity index (χ3v) is 4.43. The van der Waals surface area contributed by atoms with Gasteiger partial charge in [-0.15, -0.1) is 0 Å². The van der Waals surface area contributed by atoms with Crippen molar-refractivity contribution in [1.29, 1.82) is 0 Å². The lowest BCUT2D eigenvalue weighted by molar-refractivity contribution is 0.158. The Morgan fingerprint density at radius 1 is 1.24 bits per heavy atom. The van der Waals surface area contributed by atoms with Crippen LogP contribution in [0.4, 0.5) is 0 Å². The first-order valence-electron chi connectivity index (χ1n) is 7.62. The molecule has 102 valence electrons. The summed E-state index contributed by atoms with van der Waals surface area (Å²) in [6.45, 7) is 9.35. The molecule has 2 heteroatoms. The van der Waals surface area contributed by atoms with Gasteiger partial charge in [-0.05, 0) is 52.1 Å². The van der Waals surface area contributed by atoms with E-state index in [4.69, 9.17) is 0 Å². The maximum Gasteiger partial charge on any atom is 0.0107 e. The van der Waals surface area contributed by atoms with Crippen LogP contribution in [0.2, 0.25) is 0 Å². The maximum atomic E-state index is 3.76. The molecule has 0 aromatic carbocycles. The summed E-state index contributed by atoms with van der Waals surface area (Å²) in [5, 5.41) is 3.76. The minimum atomic E-state index is 0.726. The second-order valence-electron chi connectivity index (χ2n) is 5.80. The lowest BCUT2D eigenvalue weighted by atomic mass is 9.84. The van der Waals surface area contributed by atoms with Gasteiger partial charge in [0.2, 0.25) is 0 Å². The van der Waals surface area contributed by atoms with Crippen LogP contribution in [0.1, 0.15) is 59.3 Å². The van der Waals surface area contributed by atoms with Crippen LogP contribution in [0.15, 0.2) is 0 Å². The van der Waals surface area contributed by atoms with Crippen molar-refractivity contribution in [1.82, 2.24) is 10.2 Å². The highest BCUT2D eigenvalue weighted by Gasteiger charge is 2.26. The molecule has 1 saturated carbocycles. The summed E-state index contributed by atoms with van der Waals surface area (Å²) in [6, 6.07) is 1.50. The van der Waals surface area contributed by atoms with Crippen molar-refractivity contribution < 1.29 is 0 Å². The number of nitrogens with zero attached hydrogens (tertiary/aromatic N) is 1. The highest BCUT2D eigenvalue weighted by atomic mass is 15.1. The van der Waals surface area contributed by atoms with Crippen LogP contribution < -0.4 is 5.32 Å². The van der Waals surface area contributed by atoms with Crippen molar-refractivity contribution in [3.8, 4) is 0 Å². The predicted octanol–water partition coefficient (Wildman–Crippen LogP) is 3.28. The Hall–Kier alpha value is -0.0800. The molecule has 0 spiro atoms. The molecule has 0 bridgehead atoms. The van der Waals surface area contributed by atoms with Crippen LogP contribution in [0.3, 0.4) is 0 Å². The Kier molecular flexibility index (Phi) is 7.14. The van der Waals surface area contributed by atoms with E-state index in [0.717, 1.165) is 18.0 Å². The first kappa shape index (κ1) is 15.0. The molecule has 3 unspecified atom stereocenters. The van der Waals surface area contributed by atoms with E-state index in [-0.39, 0.29) is 0 Å². The van der Waals surface area contributed by atoms with Crippen LogP contribution >= 0.6 is 0 Å². The molecule has 0 amide bonds. The summed E-state index contributed by atoms with van der Waals surface area (Å²) in [6.07, 6.45) is 8.18. The second-order valence-corrected chi connectivity index (χ2v) is 5.80. The molecule has 0 heterocycles. The van der Waals surface area contributed by atoms with Crippen molar-refractivity contribution >= 4 is 0 Å². The minimum absolute atomic E-state index is 0.726. The Morgan fingerprint density at radius 3 is 2.59 bits per heavy atom. The standard InChI is InChI=1S/C15H32N2/c1-5-11-16-15-10-8-7-9-14(15)12-17(4)13(3)6-2/h13-16H,5-12H2,1-4H3. The van der Waals surface area contributed by atoms with Crippen LogP contribution in [0.25, 0.3) is 0 Å². The maximum absolute atomic E-state index is 3.76. The molecule has 0 radical (unpaired) electrons. The molecular weight excluding hydrogens is 208 g/mol. The third-order valence-electron chi connectivity index (χ3n) is 4.43. The van der Waals surface area contributed by atoms with Crippen LogP contribution in [0.5, 0.6) is 0 Å². The zero-order chi connectivity index (χ0) is 12.7. The van der Waals surface area contributed by atoms with Gasteiger partial charge in [-0.25, -0.2) is 0 Å². The number of nitrogens with one attached hydrogen (secondary N) is 1. The van der Waals surface area contributed by atoms with Crippen molar-refractivity contribution in [3.63, 3.8) is 0 Å². The van der Waals surface area contributed by atoms with Gasteiger partial charge in [0.25, 0.3) is 0 Å². The minimum Gasteiger partial charge on any atom is -0.314 e. The predicted molar refractivity (Wildman–Crippen MR) is 76.4 cm³/mol. The Balaban J connectivity index is 2.41. The molecule has 0 aromatic heterocycles. The molecule has 1 N–H and O–H groups in total. The second kappa shape index (κ2) is 8.10. The van der Waals surface area contributed by atoms with Crippen LogP contribution in [-0.4, -0.2) is 37.1 Å². The first-order valence-corrected chi connectivity index (χ1v) is 7.62. The number of hydrogen-bond acceptors (Lipinski definition) is 2. The normalized spacial score (nSPS) is 27.4. The summed E-state index contributed by atoms with van der Waals surface area (Å²) in [4.78, 5) is 2.55. The molecule has 0 aliphatic heterocycles. The summed E-state index contributed by atoms with van der Waals surface area (Å²) >= 11 is 0. The Morgan fingerprint density at radius 2 is 1.94 bits per heavy atom. The first-order chi connectivity index (χ1) is 8.19. The van der Waals surface area contributed by atoms with Crippen molar-refractivity contribution in [2.75, 3.05) is 20.1 Å². The average molecular weight is 240 g/mol. The Bertz CT molecular complexity index is 193. The molecule has 2 nitrogen and oxygen atoms in total. The highest BCUT2D eigenvalue weighted by molar-refractivity contribution is 4.83. The van der Waals surface area contributed by atoms with E-state index in [0.29, 0.717) is 0 Å². The molecule has 17 heavy (non-hydrogen) atoms. The van der Waals surface area contributed by atoms with Gasteiger partial charge in [-0.1, -0.05) is 26.7 Å². The highest BCUT2D eigenvalue weighted by Crippen LogP contribution is 2.25. The summed E-state index contributed by atoms with van der Waals surface area (Å²) < 4.78 is 0. The smallest absolute Gasteiger partial charge is 0.0107 e. The van der Waals surface area contributed by atoms with Crippen molar-refractivity contribution in [2.24, 2.45) is 5.92 Å². The van der Waals surface area contributed by atoms with Gasteiger partial charge in [0.1, 0.15) is 0 Å². The summed E-state index contributed by atoms with van der Waals surface area (Å²) in [5.41, 5.74) is 0. The van der Waals surface area contributed by atoms with Gasteiger partial charge in [0.05, 0.1) is 0 Å². The average Bonchev–Trinajstić information content (AvgIpc) is 2.36. The van der Waals surface area contributed by atoms with E-state index in [2.05, 4.69) is 38.0 Å². The quantitative estimate of drug-likeness (QED) is 0.735. The topological polar surface area (TPSA) is 15.3 Å². The molecule has 1 aliphatic rings. The zero-order valence-electron chi connectivity index (χ0n) is 12.3. The van der Waals surface area contributed by atoms with E-state index in [1.165, 1.54) is 51.6 Å². The van der Waals surface area contributed by atoms with Crippen molar-refractivity contribution in [3.05, 3.63) is 0 Å². The molecule has 0 aromatic rings. The zero-order valence-corrected chi connectivity index (χ0v) is 12.3. The fourth-order valence-corrected chi connectivity index (χ4v) is 2.89. The lowest BCUT2D eigenvalue weighted by Gasteiger charge is -2.36. The van der Waals surface area contributed by atoms with Gasteiger partial charge in [-0.3, -0.25) is 0 Å². The van der Waals surface area contributed by atoms with Crippen molar-refractivity contribution in [2.45, 2.75) is 71.4 Å². The van der Waals surface area contributed by atoms with Gasteiger partial charge >= 0.3 is 0 Å². The number of hydrogen-bond donors (Lipinski definition) is 1. The molecule has 1 fully saturated rings. The van der Waals surface area contributed by atoms with E-state index in [1.54, 1.807) is 0 Å². The van der Waals surface area contributed by atoms with Crippen LogP contribution in [-0.2, 0) is 0 Å². The number of rotatable bonds is 7.